The number of nitrogen functional groups attached to an aromatic ring is 1. The number of anilines is 2. The molecule has 0 atom stereocenters. The van der Waals surface area contributed by atoms with E-state index in [0.29, 0.717) is 5.13 Å². The highest BCUT2D eigenvalue weighted by Crippen LogP contribution is 2.33. The second-order valence-corrected chi connectivity index (χ2v) is 5.84. The maximum atomic E-state index is 12.2. The van der Waals surface area contributed by atoms with Crippen molar-refractivity contribution in [3.05, 3.63) is 47.2 Å². The molecular weight excluding hydrogens is 326 g/mol. The van der Waals surface area contributed by atoms with Crippen LogP contribution in [-0.2, 0) is 0 Å². The molecule has 2 heterocycles. The fourth-order valence-corrected chi connectivity index (χ4v) is 2.86. The van der Waals surface area contributed by atoms with Gasteiger partial charge in [0.2, 0.25) is 0 Å². The Hall–Kier alpha value is -3.00. The van der Waals surface area contributed by atoms with Crippen molar-refractivity contribution in [3.8, 4) is 17.0 Å². The zero-order valence-electron chi connectivity index (χ0n) is 13.1. The third-order valence-corrected chi connectivity index (χ3v) is 4.05. The normalized spacial score (nSPS) is 10.4. The molecule has 7 nitrogen and oxygen atoms in total. The van der Waals surface area contributed by atoms with Crippen molar-refractivity contribution in [1.82, 2.24) is 15.0 Å². The Labute approximate surface area is 142 Å². The number of carbonyl (C=O) groups is 1. The third kappa shape index (κ3) is 3.18. The fourth-order valence-electron chi connectivity index (χ4n) is 2.16. The molecule has 1 aromatic carbocycles. The maximum Gasteiger partial charge on any atom is 0.279 e. The van der Waals surface area contributed by atoms with E-state index in [-0.39, 0.29) is 11.5 Å². The average Bonchev–Trinajstić information content (AvgIpc) is 3.03. The Bertz CT molecular complexity index is 894. The smallest absolute Gasteiger partial charge is 0.279 e. The third-order valence-electron chi connectivity index (χ3n) is 3.30. The Morgan fingerprint density at radius 3 is 2.83 bits per heavy atom. The molecule has 1 amide bonds. The highest BCUT2D eigenvalue weighted by molar-refractivity contribution is 7.14. The maximum absolute atomic E-state index is 12.2. The zero-order chi connectivity index (χ0) is 17.1. The summed E-state index contributed by atoms with van der Waals surface area (Å²) in [6.45, 7) is 1.99. The number of carbonyl (C=O) groups excluding carboxylic acids is 1. The number of aryl methyl sites for hydroxylation is 1. The molecular formula is C16H15N5O2S. The van der Waals surface area contributed by atoms with Crippen molar-refractivity contribution in [1.29, 1.82) is 0 Å². The molecule has 0 aliphatic carbocycles. The van der Waals surface area contributed by atoms with E-state index in [2.05, 4.69) is 20.3 Å². The minimum atomic E-state index is -0.447. The van der Waals surface area contributed by atoms with E-state index >= 15 is 0 Å². The minimum Gasteiger partial charge on any atom is -0.496 e. The van der Waals surface area contributed by atoms with Crippen LogP contribution >= 0.6 is 11.3 Å². The molecule has 24 heavy (non-hydrogen) atoms. The number of hydrogen-bond acceptors (Lipinski definition) is 7. The number of methoxy groups -OCH3 is 1. The van der Waals surface area contributed by atoms with Crippen LogP contribution in [0.15, 0.2) is 36.0 Å². The molecule has 0 fully saturated rings. The van der Waals surface area contributed by atoms with Gasteiger partial charge in [0.1, 0.15) is 5.75 Å². The number of nitrogens with one attached hydrogen (secondary N) is 1. The number of aromatic nitrogens is 3. The van der Waals surface area contributed by atoms with E-state index in [9.17, 15) is 4.79 Å². The number of thiazole rings is 1. The monoisotopic (exact) mass is 341 g/mol. The van der Waals surface area contributed by atoms with Crippen LogP contribution in [0.25, 0.3) is 11.3 Å². The number of nitrogens with zero attached hydrogens (tertiary/aromatic N) is 3. The number of rotatable bonds is 4. The summed E-state index contributed by atoms with van der Waals surface area (Å²) in [4.78, 5) is 24.4. The van der Waals surface area contributed by atoms with Crippen LogP contribution in [-0.4, -0.2) is 28.0 Å². The Morgan fingerprint density at radius 2 is 2.08 bits per heavy atom. The number of amides is 1. The van der Waals surface area contributed by atoms with E-state index in [1.54, 1.807) is 7.11 Å². The van der Waals surface area contributed by atoms with Gasteiger partial charge in [-0.1, -0.05) is 11.6 Å². The van der Waals surface area contributed by atoms with Gasteiger partial charge >= 0.3 is 0 Å². The number of nitrogens with two attached hydrogens (primary N) is 1. The summed E-state index contributed by atoms with van der Waals surface area (Å²) < 4.78 is 5.37. The average molecular weight is 341 g/mol. The fraction of sp³-hybridized carbons (Fsp3) is 0.125. The van der Waals surface area contributed by atoms with Crippen molar-refractivity contribution in [2.75, 3.05) is 18.2 Å². The molecule has 0 saturated heterocycles. The van der Waals surface area contributed by atoms with E-state index in [1.165, 1.54) is 23.7 Å². The molecule has 3 aromatic rings. The molecule has 0 saturated carbocycles. The van der Waals surface area contributed by atoms with Gasteiger partial charge < -0.3 is 10.5 Å². The lowest BCUT2D eigenvalue weighted by Crippen LogP contribution is -2.16. The molecule has 122 valence electrons. The lowest BCUT2D eigenvalue weighted by Gasteiger charge is -2.07. The lowest BCUT2D eigenvalue weighted by atomic mass is 10.1. The second kappa shape index (κ2) is 6.63. The molecule has 3 N–H and O–H groups in total. The second-order valence-electron chi connectivity index (χ2n) is 4.99. The van der Waals surface area contributed by atoms with Crippen LogP contribution in [0.5, 0.6) is 5.75 Å². The van der Waals surface area contributed by atoms with Crippen LogP contribution < -0.4 is 15.8 Å². The lowest BCUT2D eigenvalue weighted by molar-refractivity contribution is 0.102. The largest absolute Gasteiger partial charge is 0.496 e. The molecule has 2 aromatic heterocycles. The van der Waals surface area contributed by atoms with Gasteiger partial charge in [0.15, 0.2) is 16.6 Å². The molecule has 0 aliphatic rings. The molecule has 3 rings (SSSR count). The topological polar surface area (TPSA) is 103 Å². The summed E-state index contributed by atoms with van der Waals surface area (Å²) in [5.41, 5.74) is 8.42. The highest BCUT2D eigenvalue weighted by Gasteiger charge is 2.15. The van der Waals surface area contributed by atoms with Crippen LogP contribution in [0.3, 0.4) is 0 Å². The van der Waals surface area contributed by atoms with Gasteiger partial charge in [-0.15, -0.1) is 11.3 Å². The number of hydrogen-bond donors (Lipinski definition) is 2. The van der Waals surface area contributed by atoms with Crippen LogP contribution in [0.2, 0.25) is 0 Å². The van der Waals surface area contributed by atoms with Gasteiger partial charge in [0.25, 0.3) is 5.91 Å². The SMILES string of the molecule is COc1ccc(C)cc1-c1csc(NC(=O)c2nccnc2N)n1. The van der Waals surface area contributed by atoms with Gasteiger partial charge in [-0.2, -0.15) is 0 Å². The van der Waals surface area contributed by atoms with E-state index in [4.69, 9.17) is 10.5 Å². The standard InChI is InChI=1S/C16H15N5O2S/c1-9-3-4-12(23-2)10(7-9)11-8-24-16(20-11)21-15(22)13-14(17)19-6-5-18-13/h3-8H,1-2H3,(H2,17,19)(H,20,21,22). The molecule has 0 spiro atoms. The summed E-state index contributed by atoms with van der Waals surface area (Å²) in [7, 11) is 1.61. The van der Waals surface area contributed by atoms with Gasteiger partial charge in [-0.25, -0.2) is 15.0 Å². The van der Waals surface area contributed by atoms with Crippen molar-refractivity contribution < 1.29 is 9.53 Å². The summed E-state index contributed by atoms with van der Waals surface area (Å²) in [5, 5.41) is 4.99. The predicted molar refractivity (Wildman–Crippen MR) is 93.2 cm³/mol. The van der Waals surface area contributed by atoms with Crippen LogP contribution in [0.1, 0.15) is 16.1 Å². The van der Waals surface area contributed by atoms with E-state index in [1.807, 2.05) is 30.5 Å². The van der Waals surface area contributed by atoms with Crippen LogP contribution in [0.4, 0.5) is 10.9 Å². The van der Waals surface area contributed by atoms with Crippen molar-refractivity contribution in [3.63, 3.8) is 0 Å². The molecule has 0 bridgehead atoms. The summed E-state index contributed by atoms with van der Waals surface area (Å²) in [5.74, 6) is 0.354. The molecule has 0 radical (unpaired) electrons. The summed E-state index contributed by atoms with van der Waals surface area (Å²) in [6.07, 6.45) is 2.84. The number of ether oxygens (including phenoxy) is 1. The van der Waals surface area contributed by atoms with Gasteiger partial charge in [0.05, 0.1) is 12.8 Å². The van der Waals surface area contributed by atoms with E-state index in [0.717, 1.165) is 22.6 Å². The van der Waals surface area contributed by atoms with Gasteiger partial charge in [-0.05, 0) is 19.1 Å². The van der Waals surface area contributed by atoms with Crippen molar-refractivity contribution in [2.45, 2.75) is 6.92 Å². The predicted octanol–water partition coefficient (Wildman–Crippen LogP) is 2.75. The zero-order valence-corrected chi connectivity index (χ0v) is 13.9. The minimum absolute atomic E-state index is 0.0717. The first kappa shape index (κ1) is 15.9. The Morgan fingerprint density at radius 1 is 1.29 bits per heavy atom. The highest BCUT2D eigenvalue weighted by atomic mass is 32.1. The first-order chi connectivity index (χ1) is 11.6. The molecule has 0 aliphatic heterocycles. The summed E-state index contributed by atoms with van der Waals surface area (Å²) in [6, 6.07) is 5.84. The number of benzene rings is 1. The quantitative estimate of drug-likeness (QED) is 0.756. The van der Waals surface area contributed by atoms with Gasteiger partial charge in [-0.3, -0.25) is 10.1 Å². The summed E-state index contributed by atoms with van der Waals surface area (Å²) >= 11 is 1.31. The molecule has 8 heteroatoms. The Kier molecular flexibility index (Phi) is 4.39. The van der Waals surface area contributed by atoms with Crippen molar-refractivity contribution >= 4 is 28.2 Å². The first-order valence-corrected chi connectivity index (χ1v) is 7.95. The molecule has 0 unspecified atom stereocenters. The van der Waals surface area contributed by atoms with Gasteiger partial charge in [0, 0.05) is 23.3 Å². The Balaban J connectivity index is 1.85. The van der Waals surface area contributed by atoms with E-state index < -0.39 is 5.91 Å². The van der Waals surface area contributed by atoms with Crippen LogP contribution in [0, 0.1) is 6.92 Å². The van der Waals surface area contributed by atoms with Crippen molar-refractivity contribution in [2.24, 2.45) is 0 Å². The first-order valence-electron chi connectivity index (χ1n) is 7.07.